The van der Waals surface area contributed by atoms with Gasteiger partial charge in [0, 0.05) is 31.1 Å². The van der Waals surface area contributed by atoms with E-state index in [0.717, 1.165) is 25.1 Å². The van der Waals surface area contributed by atoms with E-state index in [0.29, 0.717) is 18.8 Å². The Morgan fingerprint density at radius 1 is 1.23 bits per heavy atom. The first-order valence-electron chi connectivity index (χ1n) is 6.73. The molecule has 1 unspecified atom stereocenters. The van der Waals surface area contributed by atoms with Crippen LogP contribution in [0.2, 0.25) is 0 Å². The highest BCUT2D eigenvalue weighted by Crippen LogP contribution is 2.11. The Kier molecular flexibility index (Phi) is 9.79. The van der Waals surface area contributed by atoms with E-state index in [-0.39, 0.29) is 36.7 Å². The standard InChI is InChI=1S/C13H21N3O3S.2ClH/c14-11-3-5-12(6-4-11)15-7-9-20(17,18)16-10-13-2-1-8-19-13;;/h3-6,13,15-16H,1-2,7-10,14H2;2*1H. The summed E-state index contributed by atoms with van der Waals surface area (Å²) in [6.45, 7) is 1.44. The first-order valence-corrected chi connectivity index (χ1v) is 8.39. The summed E-state index contributed by atoms with van der Waals surface area (Å²) in [6.07, 6.45) is 1.95. The van der Waals surface area contributed by atoms with Gasteiger partial charge in [-0.15, -0.1) is 24.8 Å². The molecule has 0 aliphatic carbocycles. The van der Waals surface area contributed by atoms with Crippen molar-refractivity contribution in [2.75, 3.05) is 36.5 Å². The van der Waals surface area contributed by atoms with Crippen molar-refractivity contribution in [1.82, 2.24) is 4.72 Å². The van der Waals surface area contributed by atoms with Crippen LogP contribution in [0.15, 0.2) is 24.3 Å². The van der Waals surface area contributed by atoms with E-state index in [9.17, 15) is 8.42 Å². The summed E-state index contributed by atoms with van der Waals surface area (Å²) in [5.74, 6) is 0.0318. The average Bonchev–Trinajstić information content (AvgIpc) is 2.92. The van der Waals surface area contributed by atoms with Crippen LogP contribution < -0.4 is 15.8 Å². The van der Waals surface area contributed by atoms with E-state index in [2.05, 4.69) is 10.0 Å². The van der Waals surface area contributed by atoms with Crippen molar-refractivity contribution in [3.63, 3.8) is 0 Å². The lowest BCUT2D eigenvalue weighted by atomic mass is 10.2. The zero-order valence-corrected chi connectivity index (χ0v) is 14.6. The highest BCUT2D eigenvalue weighted by atomic mass is 35.5. The van der Waals surface area contributed by atoms with E-state index < -0.39 is 10.0 Å². The minimum absolute atomic E-state index is 0. The number of nitrogens with two attached hydrogens (primary N) is 1. The lowest BCUT2D eigenvalue weighted by Gasteiger charge is -2.12. The van der Waals surface area contributed by atoms with Crippen LogP contribution in [0.3, 0.4) is 0 Å². The molecule has 22 heavy (non-hydrogen) atoms. The summed E-state index contributed by atoms with van der Waals surface area (Å²) in [6, 6.07) is 7.18. The van der Waals surface area contributed by atoms with Gasteiger partial charge < -0.3 is 15.8 Å². The maximum atomic E-state index is 11.8. The maximum absolute atomic E-state index is 11.8. The second-order valence-corrected chi connectivity index (χ2v) is 6.78. The third-order valence-electron chi connectivity index (χ3n) is 3.17. The van der Waals surface area contributed by atoms with Crippen LogP contribution in [0.25, 0.3) is 0 Å². The molecule has 0 radical (unpaired) electrons. The van der Waals surface area contributed by atoms with Gasteiger partial charge in [0.05, 0.1) is 11.9 Å². The zero-order valence-electron chi connectivity index (χ0n) is 12.2. The molecule has 1 aromatic carbocycles. The Bertz CT molecular complexity index is 520. The molecule has 128 valence electrons. The van der Waals surface area contributed by atoms with Crippen molar-refractivity contribution in [2.45, 2.75) is 18.9 Å². The Labute approximate surface area is 144 Å². The number of sulfonamides is 1. The van der Waals surface area contributed by atoms with Crippen LogP contribution in [0.1, 0.15) is 12.8 Å². The molecule has 0 saturated carbocycles. The van der Waals surface area contributed by atoms with Gasteiger partial charge in [0.15, 0.2) is 0 Å². The number of nitrogens with one attached hydrogen (secondary N) is 2. The normalized spacial score (nSPS) is 17.4. The van der Waals surface area contributed by atoms with Crippen molar-refractivity contribution >= 4 is 46.2 Å². The fourth-order valence-corrected chi connectivity index (χ4v) is 2.98. The highest BCUT2D eigenvalue weighted by Gasteiger charge is 2.18. The van der Waals surface area contributed by atoms with E-state index >= 15 is 0 Å². The maximum Gasteiger partial charge on any atom is 0.213 e. The molecular weight excluding hydrogens is 349 g/mol. The Balaban J connectivity index is 0.00000220. The molecule has 4 N–H and O–H groups in total. The first-order chi connectivity index (χ1) is 9.55. The molecular formula is C13H23Cl2N3O3S. The lowest BCUT2D eigenvalue weighted by Crippen LogP contribution is -2.35. The number of hydrogen-bond donors (Lipinski definition) is 3. The van der Waals surface area contributed by atoms with Crippen molar-refractivity contribution in [3.05, 3.63) is 24.3 Å². The number of benzene rings is 1. The minimum atomic E-state index is -3.26. The van der Waals surface area contributed by atoms with Gasteiger partial charge in [0.1, 0.15) is 0 Å². The molecule has 0 bridgehead atoms. The molecule has 0 aromatic heterocycles. The van der Waals surface area contributed by atoms with Crippen molar-refractivity contribution < 1.29 is 13.2 Å². The molecule has 1 aliphatic heterocycles. The molecule has 0 spiro atoms. The molecule has 2 rings (SSSR count). The van der Waals surface area contributed by atoms with Crippen LogP contribution in [-0.4, -0.2) is 40.0 Å². The van der Waals surface area contributed by atoms with Gasteiger partial charge in [-0.1, -0.05) is 0 Å². The van der Waals surface area contributed by atoms with E-state index in [1.54, 1.807) is 12.1 Å². The molecule has 1 aromatic rings. The third-order valence-corrected chi connectivity index (χ3v) is 4.51. The summed E-state index contributed by atoms with van der Waals surface area (Å²) in [4.78, 5) is 0. The number of nitrogen functional groups attached to an aromatic ring is 1. The van der Waals surface area contributed by atoms with Crippen LogP contribution in [0.4, 0.5) is 11.4 Å². The third kappa shape index (κ3) is 7.51. The van der Waals surface area contributed by atoms with Gasteiger partial charge >= 0.3 is 0 Å². The molecule has 1 saturated heterocycles. The van der Waals surface area contributed by atoms with Crippen LogP contribution in [-0.2, 0) is 14.8 Å². The van der Waals surface area contributed by atoms with Gasteiger partial charge in [-0.05, 0) is 37.1 Å². The molecule has 6 nitrogen and oxygen atoms in total. The fraction of sp³-hybridized carbons (Fsp3) is 0.538. The van der Waals surface area contributed by atoms with Crippen molar-refractivity contribution in [3.8, 4) is 0 Å². The monoisotopic (exact) mass is 371 g/mol. The highest BCUT2D eigenvalue weighted by molar-refractivity contribution is 7.89. The summed E-state index contributed by atoms with van der Waals surface area (Å²) in [5.41, 5.74) is 7.12. The predicted molar refractivity (Wildman–Crippen MR) is 94.6 cm³/mol. The number of hydrogen-bond acceptors (Lipinski definition) is 5. The zero-order chi connectivity index (χ0) is 14.4. The molecule has 1 aliphatic rings. The van der Waals surface area contributed by atoms with Crippen LogP contribution in [0.5, 0.6) is 0 Å². The average molecular weight is 372 g/mol. The molecule has 0 amide bonds. The second kappa shape index (κ2) is 10.1. The summed E-state index contributed by atoms with van der Waals surface area (Å²) in [5, 5.41) is 3.05. The van der Waals surface area contributed by atoms with Gasteiger partial charge in [-0.25, -0.2) is 13.1 Å². The molecule has 1 fully saturated rings. The smallest absolute Gasteiger partial charge is 0.213 e. The van der Waals surface area contributed by atoms with Gasteiger partial charge in [0.2, 0.25) is 10.0 Å². The summed E-state index contributed by atoms with van der Waals surface area (Å²) >= 11 is 0. The quantitative estimate of drug-likeness (QED) is 0.633. The number of anilines is 2. The SMILES string of the molecule is Cl.Cl.Nc1ccc(NCCS(=O)(=O)NCC2CCCO2)cc1. The molecule has 1 heterocycles. The van der Waals surface area contributed by atoms with Gasteiger partial charge in [0.25, 0.3) is 0 Å². The van der Waals surface area contributed by atoms with Crippen molar-refractivity contribution in [1.29, 1.82) is 0 Å². The predicted octanol–water partition coefficient (Wildman–Crippen LogP) is 1.62. The number of halogens is 2. The van der Waals surface area contributed by atoms with Gasteiger partial charge in [-0.2, -0.15) is 0 Å². The second-order valence-electron chi connectivity index (χ2n) is 4.85. The largest absolute Gasteiger partial charge is 0.399 e. The number of rotatable bonds is 7. The molecule has 1 atom stereocenters. The summed E-state index contributed by atoms with van der Waals surface area (Å²) < 4.78 is 31.6. The Morgan fingerprint density at radius 2 is 1.91 bits per heavy atom. The van der Waals surface area contributed by atoms with E-state index in [4.69, 9.17) is 10.5 Å². The van der Waals surface area contributed by atoms with E-state index in [1.165, 1.54) is 0 Å². The Morgan fingerprint density at radius 3 is 2.50 bits per heavy atom. The minimum Gasteiger partial charge on any atom is -0.399 e. The lowest BCUT2D eigenvalue weighted by molar-refractivity contribution is 0.114. The van der Waals surface area contributed by atoms with Crippen LogP contribution >= 0.6 is 24.8 Å². The van der Waals surface area contributed by atoms with Crippen molar-refractivity contribution in [2.24, 2.45) is 0 Å². The topological polar surface area (TPSA) is 93.5 Å². The molecule has 9 heteroatoms. The van der Waals surface area contributed by atoms with Crippen LogP contribution in [0, 0.1) is 0 Å². The number of ether oxygens (including phenoxy) is 1. The summed E-state index contributed by atoms with van der Waals surface area (Å²) in [7, 11) is -3.26. The van der Waals surface area contributed by atoms with Gasteiger partial charge in [-0.3, -0.25) is 0 Å². The first kappa shape index (κ1) is 21.3. The fourth-order valence-electron chi connectivity index (χ4n) is 2.03. The van der Waals surface area contributed by atoms with E-state index in [1.807, 2.05) is 12.1 Å². The Hall–Kier alpha value is -0.730.